The number of aromatic amines is 1. The van der Waals surface area contributed by atoms with Crippen molar-refractivity contribution in [3.05, 3.63) is 29.5 Å². The maximum atomic E-state index is 10.6. The predicted molar refractivity (Wildman–Crippen MR) is 50.1 cm³/mol. The molecule has 3 nitrogen and oxygen atoms in total. The number of phenolic OH excluding ortho intramolecular Hbond substituents is 1. The molecule has 1 aromatic heterocycles. The molecule has 3 heteroatoms. The first-order valence-electron chi connectivity index (χ1n) is 3.99. The highest BCUT2D eigenvalue weighted by molar-refractivity contribution is 6.01. The molecule has 0 saturated carbocycles. The van der Waals surface area contributed by atoms with E-state index in [1.807, 2.05) is 13.0 Å². The van der Waals surface area contributed by atoms with Crippen LogP contribution >= 0.6 is 0 Å². The number of aldehydes is 1. The van der Waals surface area contributed by atoms with E-state index in [0.717, 1.165) is 17.4 Å². The van der Waals surface area contributed by atoms with Crippen LogP contribution in [-0.2, 0) is 0 Å². The summed E-state index contributed by atoms with van der Waals surface area (Å²) in [6.07, 6.45) is 2.34. The average Bonchev–Trinajstić information content (AvgIpc) is 2.56. The molecule has 0 spiro atoms. The Hall–Kier alpha value is -1.77. The number of carbonyl (C=O) groups excluding carboxylic acids is 1. The molecule has 2 aromatic rings. The molecule has 0 unspecified atom stereocenters. The number of nitrogens with one attached hydrogen (secondary N) is 1. The van der Waals surface area contributed by atoms with E-state index in [9.17, 15) is 9.90 Å². The van der Waals surface area contributed by atoms with Crippen LogP contribution in [-0.4, -0.2) is 16.4 Å². The number of hydrogen-bond donors (Lipinski definition) is 2. The van der Waals surface area contributed by atoms with Crippen molar-refractivity contribution in [2.24, 2.45) is 0 Å². The summed E-state index contributed by atoms with van der Waals surface area (Å²) in [7, 11) is 0. The molecular formula is C10H9NO2. The minimum atomic E-state index is 0.143. The molecule has 0 aliphatic rings. The van der Waals surface area contributed by atoms with Crippen LogP contribution in [0.4, 0.5) is 0 Å². The molecule has 0 amide bonds. The van der Waals surface area contributed by atoms with Gasteiger partial charge < -0.3 is 10.1 Å². The van der Waals surface area contributed by atoms with Crippen LogP contribution in [0.3, 0.4) is 0 Å². The van der Waals surface area contributed by atoms with Gasteiger partial charge in [-0.2, -0.15) is 0 Å². The molecule has 2 N–H and O–H groups in total. The lowest BCUT2D eigenvalue weighted by molar-refractivity contribution is 0.112. The summed E-state index contributed by atoms with van der Waals surface area (Å²) in [5.41, 5.74) is 2.33. The molecule has 2 rings (SSSR count). The van der Waals surface area contributed by atoms with Crippen LogP contribution in [0, 0.1) is 6.92 Å². The standard InChI is InChI=1S/C10H9NO2/c1-6-2-3-8(13)9-7(5-12)4-11-10(6)9/h2-5,11,13H,1H3. The fourth-order valence-electron chi connectivity index (χ4n) is 1.49. The van der Waals surface area contributed by atoms with Gasteiger partial charge in [0.05, 0.1) is 10.9 Å². The van der Waals surface area contributed by atoms with Crippen LogP contribution in [0.5, 0.6) is 5.75 Å². The zero-order chi connectivity index (χ0) is 9.42. The molecule has 1 aromatic carbocycles. The van der Waals surface area contributed by atoms with Crippen LogP contribution in [0.2, 0.25) is 0 Å². The van der Waals surface area contributed by atoms with E-state index in [4.69, 9.17) is 0 Å². The van der Waals surface area contributed by atoms with Crippen molar-refractivity contribution < 1.29 is 9.90 Å². The van der Waals surface area contributed by atoms with Crippen LogP contribution in [0.25, 0.3) is 10.9 Å². The van der Waals surface area contributed by atoms with Crippen molar-refractivity contribution in [2.75, 3.05) is 0 Å². The molecule has 0 saturated heterocycles. The first-order valence-corrected chi connectivity index (χ1v) is 3.99. The lowest BCUT2D eigenvalue weighted by Gasteiger charge is -1.98. The highest BCUT2D eigenvalue weighted by Crippen LogP contribution is 2.28. The van der Waals surface area contributed by atoms with Crippen molar-refractivity contribution in [2.45, 2.75) is 6.92 Å². The van der Waals surface area contributed by atoms with Gasteiger partial charge in [0.1, 0.15) is 5.75 Å². The number of rotatable bonds is 1. The number of hydrogen-bond acceptors (Lipinski definition) is 2. The van der Waals surface area contributed by atoms with Gasteiger partial charge in [-0.15, -0.1) is 0 Å². The zero-order valence-electron chi connectivity index (χ0n) is 7.16. The van der Waals surface area contributed by atoms with E-state index < -0.39 is 0 Å². The third-order valence-electron chi connectivity index (χ3n) is 2.18. The monoisotopic (exact) mass is 175 g/mol. The third kappa shape index (κ3) is 1.01. The highest BCUT2D eigenvalue weighted by atomic mass is 16.3. The van der Waals surface area contributed by atoms with Gasteiger partial charge in [-0.3, -0.25) is 4.79 Å². The summed E-state index contributed by atoms with van der Waals surface area (Å²) in [6, 6.07) is 3.40. The number of benzene rings is 1. The molecule has 66 valence electrons. The summed E-state index contributed by atoms with van der Waals surface area (Å²) < 4.78 is 0. The molecule has 0 aliphatic heterocycles. The lowest BCUT2D eigenvalue weighted by Crippen LogP contribution is -1.79. The average molecular weight is 175 g/mol. The predicted octanol–water partition coefficient (Wildman–Crippen LogP) is 1.99. The molecule has 0 bridgehead atoms. The molecule has 0 fully saturated rings. The number of H-pyrrole nitrogens is 1. The largest absolute Gasteiger partial charge is 0.507 e. The Labute approximate surface area is 75.0 Å². The van der Waals surface area contributed by atoms with Gasteiger partial charge in [-0.25, -0.2) is 0 Å². The van der Waals surface area contributed by atoms with E-state index in [1.54, 1.807) is 12.3 Å². The molecule has 1 heterocycles. The minimum Gasteiger partial charge on any atom is -0.507 e. The molecule has 0 atom stereocenters. The molecule has 13 heavy (non-hydrogen) atoms. The summed E-state index contributed by atoms with van der Waals surface area (Å²) in [5.74, 6) is 0.143. The number of fused-ring (bicyclic) bond motifs is 1. The van der Waals surface area contributed by atoms with Gasteiger partial charge in [0.25, 0.3) is 0 Å². The Morgan fingerprint density at radius 1 is 1.46 bits per heavy atom. The van der Waals surface area contributed by atoms with Gasteiger partial charge in [0.2, 0.25) is 0 Å². The third-order valence-corrected chi connectivity index (χ3v) is 2.18. The van der Waals surface area contributed by atoms with Crippen molar-refractivity contribution in [1.82, 2.24) is 4.98 Å². The maximum absolute atomic E-state index is 10.6. The lowest BCUT2D eigenvalue weighted by atomic mass is 10.1. The molecular weight excluding hydrogens is 166 g/mol. The van der Waals surface area contributed by atoms with Gasteiger partial charge in [-0.1, -0.05) is 6.07 Å². The zero-order valence-corrected chi connectivity index (χ0v) is 7.16. The topological polar surface area (TPSA) is 53.1 Å². The Bertz CT molecular complexity index is 471. The second-order valence-electron chi connectivity index (χ2n) is 3.01. The van der Waals surface area contributed by atoms with Crippen LogP contribution in [0.1, 0.15) is 15.9 Å². The van der Waals surface area contributed by atoms with Crippen LogP contribution < -0.4 is 0 Å². The Morgan fingerprint density at radius 3 is 2.92 bits per heavy atom. The minimum absolute atomic E-state index is 0.143. The first-order chi connectivity index (χ1) is 6.24. The number of aromatic hydroxyl groups is 1. The van der Waals surface area contributed by atoms with Gasteiger partial charge in [0.15, 0.2) is 6.29 Å². The van der Waals surface area contributed by atoms with Gasteiger partial charge >= 0.3 is 0 Å². The first kappa shape index (κ1) is 7.86. The molecule has 0 radical (unpaired) electrons. The normalized spacial score (nSPS) is 10.5. The van der Waals surface area contributed by atoms with E-state index in [-0.39, 0.29) is 5.75 Å². The Morgan fingerprint density at radius 2 is 2.23 bits per heavy atom. The van der Waals surface area contributed by atoms with Crippen molar-refractivity contribution >= 4 is 17.2 Å². The molecule has 0 aliphatic carbocycles. The van der Waals surface area contributed by atoms with Crippen molar-refractivity contribution in [3.63, 3.8) is 0 Å². The number of aryl methyl sites for hydroxylation is 1. The number of carbonyl (C=O) groups is 1. The van der Waals surface area contributed by atoms with E-state index in [2.05, 4.69) is 4.98 Å². The fraction of sp³-hybridized carbons (Fsp3) is 0.100. The fourth-order valence-corrected chi connectivity index (χ4v) is 1.49. The summed E-state index contributed by atoms with van der Waals surface area (Å²) in [4.78, 5) is 13.6. The van der Waals surface area contributed by atoms with Gasteiger partial charge in [-0.05, 0) is 18.6 Å². The second kappa shape index (κ2) is 2.62. The Kier molecular flexibility index (Phi) is 1.59. The van der Waals surface area contributed by atoms with E-state index in [1.165, 1.54) is 0 Å². The SMILES string of the molecule is Cc1ccc(O)c2c(C=O)c[nH]c12. The smallest absolute Gasteiger partial charge is 0.152 e. The second-order valence-corrected chi connectivity index (χ2v) is 3.01. The number of aromatic nitrogens is 1. The summed E-state index contributed by atoms with van der Waals surface area (Å²) in [6.45, 7) is 1.92. The summed E-state index contributed by atoms with van der Waals surface area (Å²) >= 11 is 0. The van der Waals surface area contributed by atoms with E-state index >= 15 is 0 Å². The highest BCUT2D eigenvalue weighted by Gasteiger charge is 2.08. The van der Waals surface area contributed by atoms with Crippen LogP contribution in [0.15, 0.2) is 18.3 Å². The van der Waals surface area contributed by atoms with Crippen molar-refractivity contribution in [3.8, 4) is 5.75 Å². The number of phenols is 1. The van der Waals surface area contributed by atoms with Gasteiger partial charge in [0, 0.05) is 11.8 Å². The van der Waals surface area contributed by atoms with E-state index in [0.29, 0.717) is 10.9 Å². The summed E-state index contributed by atoms with van der Waals surface area (Å²) in [5, 5.41) is 10.1. The maximum Gasteiger partial charge on any atom is 0.152 e. The quantitative estimate of drug-likeness (QED) is 0.651. The van der Waals surface area contributed by atoms with Crippen molar-refractivity contribution in [1.29, 1.82) is 0 Å². The Balaban J connectivity index is 2.95.